The van der Waals surface area contributed by atoms with Gasteiger partial charge in [0.05, 0.1) is 11.5 Å². The maximum Gasteiger partial charge on any atom is 0.292 e. The molecule has 1 aromatic rings. The predicted octanol–water partition coefficient (Wildman–Crippen LogP) is 1.89. The van der Waals surface area contributed by atoms with Crippen molar-refractivity contribution in [1.29, 1.82) is 0 Å². The van der Waals surface area contributed by atoms with Crippen molar-refractivity contribution in [3.63, 3.8) is 0 Å². The van der Waals surface area contributed by atoms with E-state index in [-0.39, 0.29) is 11.6 Å². The van der Waals surface area contributed by atoms with E-state index in [1.807, 2.05) is 6.92 Å². The Hall–Kier alpha value is -2.15. The predicted molar refractivity (Wildman–Crippen MR) is 78.6 cm³/mol. The first-order valence-electron chi connectivity index (χ1n) is 7.02. The quantitative estimate of drug-likeness (QED) is 0.677. The van der Waals surface area contributed by atoms with Gasteiger partial charge in [-0.1, -0.05) is 0 Å². The average molecular weight is 293 g/mol. The Morgan fingerprint density at radius 3 is 2.95 bits per heavy atom. The molecule has 0 atom stereocenters. The van der Waals surface area contributed by atoms with Crippen LogP contribution in [0.4, 0.5) is 11.4 Å². The molecular weight excluding hydrogens is 274 g/mol. The highest BCUT2D eigenvalue weighted by Crippen LogP contribution is 2.26. The van der Waals surface area contributed by atoms with E-state index >= 15 is 0 Å². The molecule has 1 saturated heterocycles. The number of nitro benzene ring substituents is 1. The van der Waals surface area contributed by atoms with Gasteiger partial charge < -0.3 is 15.0 Å². The number of hydrogen-bond acceptors (Lipinski definition) is 5. The van der Waals surface area contributed by atoms with E-state index < -0.39 is 4.92 Å². The van der Waals surface area contributed by atoms with Gasteiger partial charge in [0, 0.05) is 37.9 Å². The summed E-state index contributed by atoms with van der Waals surface area (Å²) in [5.41, 5.74) is 0.811. The zero-order valence-corrected chi connectivity index (χ0v) is 12.0. The number of nitro groups is 1. The van der Waals surface area contributed by atoms with E-state index in [1.54, 1.807) is 11.0 Å². The van der Waals surface area contributed by atoms with Crippen molar-refractivity contribution in [1.82, 2.24) is 4.90 Å². The molecule has 0 bridgehead atoms. The van der Waals surface area contributed by atoms with Crippen LogP contribution in [0, 0.1) is 10.1 Å². The van der Waals surface area contributed by atoms with Crippen LogP contribution >= 0.6 is 0 Å². The SMILES string of the molecule is CCNc1cc(C(=O)N2CCCOCC2)ccc1[N+](=O)[O-]. The topological polar surface area (TPSA) is 84.7 Å². The molecule has 0 aliphatic carbocycles. The first kappa shape index (κ1) is 15.2. The first-order chi connectivity index (χ1) is 10.1. The first-order valence-corrected chi connectivity index (χ1v) is 7.02. The minimum absolute atomic E-state index is 0.0207. The van der Waals surface area contributed by atoms with Crippen molar-refractivity contribution in [2.24, 2.45) is 0 Å². The number of carbonyl (C=O) groups is 1. The average Bonchev–Trinajstić information content (AvgIpc) is 2.75. The molecular formula is C14H19N3O4. The molecule has 7 nitrogen and oxygen atoms in total. The molecule has 1 amide bonds. The molecule has 0 radical (unpaired) electrons. The molecule has 1 heterocycles. The number of nitrogens with one attached hydrogen (secondary N) is 1. The van der Waals surface area contributed by atoms with E-state index in [9.17, 15) is 14.9 Å². The molecule has 0 unspecified atom stereocenters. The fourth-order valence-corrected chi connectivity index (χ4v) is 2.29. The fraction of sp³-hybridized carbons (Fsp3) is 0.500. The van der Waals surface area contributed by atoms with Crippen LogP contribution in [0.15, 0.2) is 18.2 Å². The maximum absolute atomic E-state index is 12.5. The molecule has 7 heteroatoms. The molecule has 1 N–H and O–H groups in total. The van der Waals surface area contributed by atoms with Crippen LogP contribution in [-0.2, 0) is 4.74 Å². The van der Waals surface area contributed by atoms with Crippen LogP contribution in [-0.4, -0.2) is 48.6 Å². The number of ether oxygens (including phenoxy) is 1. The number of rotatable bonds is 4. The van der Waals surface area contributed by atoms with E-state index in [4.69, 9.17) is 4.74 Å². The zero-order chi connectivity index (χ0) is 15.2. The van der Waals surface area contributed by atoms with E-state index in [2.05, 4.69) is 5.32 Å². The van der Waals surface area contributed by atoms with Crippen LogP contribution in [0.25, 0.3) is 0 Å². The Kier molecular flexibility index (Phi) is 5.10. The normalized spacial score (nSPS) is 15.4. The maximum atomic E-state index is 12.5. The summed E-state index contributed by atoms with van der Waals surface area (Å²) in [7, 11) is 0. The summed E-state index contributed by atoms with van der Waals surface area (Å²) in [6.45, 7) is 4.78. The van der Waals surface area contributed by atoms with Gasteiger partial charge >= 0.3 is 0 Å². The van der Waals surface area contributed by atoms with E-state index in [1.165, 1.54) is 12.1 Å². The number of benzene rings is 1. The number of anilines is 1. The van der Waals surface area contributed by atoms with Crippen molar-refractivity contribution >= 4 is 17.3 Å². The van der Waals surface area contributed by atoms with E-state index in [0.29, 0.717) is 44.1 Å². The van der Waals surface area contributed by atoms with Gasteiger partial charge in [0.1, 0.15) is 5.69 Å². The second-order valence-electron chi connectivity index (χ2n) is 4.78. The van der Waals surface area contributed by atoms with Crippen LogP contribution in [0.1, 0.15) is 23.7 Å². The summed E-state index contributed by atoms with van der Waals surface area (Å²) in [6.07, 6.45) is 0.804. The van der Waals surface area contributed by atoms with Gasteiger partial charge in [-0.15, -0.1) is 0 Å². The van der Waals surface area contributed by atoms with Crippen molar-refractivity contribution in [2.75, 3.05) is 38.2 Å². The number of nitrogens with zero attached hydrogens (tertiary/aromatic N) is 2. The molecule has 0 aromatic heterocycles. The molecule has 114 valence electrons. The van der Waals surface area contributed by atoms with Gasteiger partial charge in [0.15, 0.2) is 0 Å². The summed E-state index contributed by atoms with van der Waals surface area (Å²) < 4.78 is 5.33. The van der Waals surface area contributed by atoms with Gasteiger partial charge in [0.25, 0.3) is 11.6 Å². The molecule has 1 aliphatic heterocycles. The molecule has 21 heavy (non-hydrogen) atoms. The third-order valence-corrected chi connectivity index (χ3v) is 3.32. The van der Waals surface area contributed by atoms with Crippen LogP contribution in [0.5, 0.6) is 0 Å². The highest BCUT2D eigenvalue weighted by molar-refractivity contribution is 5.96. The van der Waals surface area contributed by atoms with Crippen molar-refractivity contribution in [3.8, 4) is 0 Å². The molecule has 0 spiro atoms. The smallest absolute Gasteiger partial charge is 0.292 e. The third kappa shape index (κ3) is 3.69. The van der Waals surface area contributed by atoms with Gasteiger partial charge in [-0.25, -0.2) is 0 Å². The van der Waals surface area contributed by atoms with Gasteiger partial charge in [-0.05, 0) is 25.5 Å². The summed E-state index contributed by atoms with van der Waals surface area (Å²) in [4.78, 5) is 24.7. The van der Waals surface area contributed by atoms with Gasteiger partial charge in [-0.2, -0.15) is 0 Å². The number of hydrogen-bond donors (Lipinski definition) is 1. The molecule has 1 aromatic carbocycles. The highest BCUT2D eigenvalue weighted by Gasteiger charge is 2.21. The fourth-order valence-electron chi connectivity index (χ4n) is 2.29. The second-order valence-corrected chi connectivity index (χ2v) is 4.78. The van der Waals surface area contributed by atoms with Crippen LogP contribution in [0.3, 0.4) is 0 Å². The standard InChI is InChI=1S/C14H19N3O4/c1-2-15-12-10-11(4-5-13(12)17(19)20)14(18)16-6-3-8-21-9-7-16/h4-5,10,15H,2-3,6-9H2,1H3. The minimum atomic E-state index is -0.452. The summed E-state index contributed by atoms with van der Waals surface area (Å²) in [6, 6.07) is 4.43. The molecule has 1 aliphatic rings. The number of carbonyl (C=O) groups excluding carboxylic acids is 1. The second kappa shape index (κ2) is 7.03. The zero-order valence-electron chi connectivity index (χ0n) is 12.0. The van der Waals surface area contributed by atoms with Crippen molar-refractivity contribution in [2.45, 2.75) is 13.3 Å². The summed E-state index contributed by atoms with van der Waals surface area (Å²) in [5, 5.41) is 13.9. The highest BCUT2D eigenvalue weighted by atomic mass is 16.6. The lowest BCUT2D eigenvalue weighted by Crippen LogP contribution is -2.33. The lowest BCUT2D eigenvalue weighted by Gasteiger charge is -2.20. The molecule has 0 saturated carbocycles. The van der Waals surface area contributed by atoms with Crippen molar-refractivity contribution < 1.29 is 14.5 Å². The van der Waals surface area contributed by atoms with E-state index in [0.717, 1.165) is 6.42 Å². The number of amides is 1. The Balaban J connectivity index is 2.24. The Morgan fingerprint density at radius 2 is 2.24 bits per heavy atom. The Morgan fingerprint density at radius 1 is 1.43 bits per heavy atom. The lowest BCUT2D eigenvalue weighted by atomic mass is 10.1. The third-order valence-electron chi connectivity index (χ3n) is 3.32. The summed E-state index contributed by atoms with van der Waals surface area (Å²) >= 11 is 0. The van der Waals surface area contributed by atoms with Crippen LogP contribution < -0.4 is 5.32 Å². The Bertz CT molecular complexity index is 525. The van der Waals surface area contributed by atoms with Gasteiger partial charge in [-0.3, -0.25) is 14.9 Å². The van der Waals surface area contributed by atoms with Crippen molar-refractivity contribution in [3.05, 3.63) is 33.9 Å². The Labute approximate surface area is 123 Å². The largest absolute Gasteiger partial charge is 0.380 e. The molecule has 2 rings (SSSR count). The van der Waals surface area contributed by atoms with Crippen LogP contribution in [0.2, 0.25) is 0 Å². The van der Waals surface area contributed by atoms with Gasteiger partial charge in [0.2, 0.25) is 0 Å². The minimum Gasteiger partial charge on any atom is -0.380 e. The molecule has 1 fully saturated rings. The summed E-state index contributed by atoms with van der Waals surface area (Å²) in [5.74, 6) is -0.116. The monoisotopic (exact) mass is 293 g/mol. The lowest BCUT2D eigenvalue weighted by molar-refractivity contribution is -0.384.